The molecule has 3 rings (SSSR count). The van der Waals surface area contributed by atoms with Crippen molar-refractivity contribution < 1.29 is 36.2 Å². The topological polar surface area (TPSA) is 40.5 Å². The number of benzene rings is 2. The highest BCUT2D eigenvalue weighted by atomic mass is 19.4. The normalized spacial score (nSPS) is 20.4. The van der Waals surface area contributed by atoms with Gasteiger partial charge in [-0.05, 0) is 66.6 Å². The van der Waals surface area contributed by atoms with Crippen LogP contribution in [0.25, 0.3) is 0 Å². The number of nitrogens with zero attached hydrogens (tertiary/aromatic N) is 1. The molecule has 1 N–H and O–H groups in total. The number of hydrogen-bond donors (Lipinski definition) is 1. The molecule has 1 aliphatic heterocycles. The van der Waals surface area contributed by atoms with Gasteiger partial charge < -0.3 is 5.11 Å². The standard InChI is InChI=1S/C28H27F6NO2/c1-17(2)4-13-24(19-5-9-22(10-6-19)27(29,30)31)35-15-14-21(18(3)26(36)37)16-25(35)20-7-11-23(12-8-20)28(32,33)34/h5-12,18,21,24-25H,1,14-16H2,2-3H3,(H,36,37)/t18-,21+,24-,25?/m0/s1. The van der Waals surface area contributed by atoms with Crippen LogP contribution in [0.15, 0.2) is 60.7 Å². The van der Waals surface area contributed by atoms with Crippen LogP contribution in [0.3, 0.4) is 0 Å². The van der Waals surface area contributed by atoms with Crippen LogP contribution in [0.4, 0.5) is 26.3 Å². The molecule has 0 amide bonds. The van der Waals surface area contributed by atoms with Crippen molar-refractivity contribution in [3.63, 3.8) is 0 Å². The fourth-order valence-electron chi connectivity index (χ4n) is 4.60. The van der Waals surface area contributed by atoms with Crippen molar-refractivity contribution in [3.8, 4) is 11.8 Å². The summed E-state index contributed by atoms with van der Waals surface area (Å²) in [5.74, 6) is 4.06. The number of allylic oxidation sites excluding steroid dienone is 1. The summed E-state index contributed by atoms with van der Waals surface area (Å²) in [5, 5.41) is 9.54. The van der Waals surface area contributed by atoms with E-state index in [1.165, 1.54) is 24.3 Å². The number of piperidine rings is 1. The Balaban J connectivity index is 2.07. The average Bonchev–Trinajstić information content (AvgIpc) is 2.83. The smallest absolute Gasteiger partial charge is 0.416 e. The Morgan fingerprint density at radius 1 is 1.00 bits per heavy atom. The Morgan fingerprint density at radius 2 is 1.51 bits per heavy atom. The van der Waals surface area contributed by atoms with Gasteiger partial charge in [-0.3, -0.25) is 9.69 Å². The number of alkyl halides is 6. The lowest BCUT2D eigenvalue weighted by molar-refractivity contribution is -0.144. The highest BCUT2D eigenvalue weighted by Crippen LogP contribution is 2.43. The van der Waals surface area contributed by atoms with Crippen molar-refractivity contribution in [1.29, 1.82) is 0 Å². The summed E-state index contributed by atoms with van der Waals surface area (Å²) < 4.78 is 78.9. The highest BCUT2D eigenvalue weighted by Gasteiger charge is 2.39. The van der Waals surface area contributed by atoms with Gasteiger partial charge in [0.05, 0.1) is 23.1 Å². The van der Waals surface area contributed by atoms with E-state index >= 15 is 0 Å². The lowest BCUT2D eigenvalue weighted by atomic mass is 9.79. The fraction of sp³-hybridized carbons (Fsp3) is 0.393. The minimum atomic E-state index is -4.51. The van der Waals surface area contributed by atoms with E-state index in [0.29, 0.717) is 36.1 Å². The first-order valence-corrected chi connectivity index (χ1v) is 11.7. The van der Waals surface area contributed by atoms with Crippen molar-refractivity contribution in [1.82, 2.24) is 4.90 Å². The van der Waals surface area contributed by atoms with Crippen LogP contribution in [0.1, 0.15) is 61.0 Å². The van der Waals surface area contributed by atoms with Gasteiger partial charge in [-0.1, -0.05) is 49.6 Å². The molecule has 1 aliphatic rings. The van der Waals surface area contributed by atoms with Gasteiger partial charge in [0.25, 0.3) is 0 Å². The largest absolute Gasteiger partial charge is 0.481 e. The molecule has 37 heavy (non-hydrogen) atoms. The molecule has 1 heterocycles. The summed E-state index contributed by atoms with van der Waals surface area (Å²) >= 11 is 0. The van der Waals surface area contributed by atoms with Gasteiger partial charge in [0.2, 0.25) is 0 Å². The minimum Gasteiger partial charge on any atom is -0.481 e. The van der Waals surface area contributed by atoms with E-state index < -0.39 is 47.5 Å². The number of hydrogen-bond acceptors (Lipinski definition) is 2. The van der Waals surface area contributed by atoms with Crippen molar-refractivity contribution in [2.24, 2.45) is 11.8 Å². The predicted octanol–water partition coefficient (Wildman–Crippen LogP) is 7.52. The molecule has 0 radical (unpaired) electrons. The lowest BCUT2D eigenvalue weighted by Gasteiger charge is -2.43. The summed E-state index contributed by atoms with van der Waals surface area (Å²) in [7, 11) is 0. The third kappa shape index (κ3) is 6.95. The van der Waals surface area contributed by atoms with Crippen molar-refractivity contribution >= 4 is 5.97 Å². The van der Waals surface area contributed by atoms with Crippen molar-refractivity contribution in [3.05, 3.63) is 82.9 Å². The van der Waals surface area contributed by atoms with Crippen LogP contribution in [0.2, 0.25) is 0 Å². The maximum Gasteiger partial charge on any atom is 0.416 e. The van der Waals surface area contributed by atoms with Gasteiger partial charge in [0, 0.05) is 12.6 Å². The van der Waals surface area contributed by atoms with E-state index in [2.05, 4.69) is 18.4 Å². The quantitative estimate of drug-likeness (QED) is 0.326. The molecule has 0 aliphatic carbocycles. The van der Waals surface area contributed by atoms with Gasteiger partial charge in [-0.25, -0.2) is 0 Å². The predicted molar refractivity (Wildman–Crippen MR) is 127 cm³/mol. The summed E-state index contributed by atoms with van der Waals surface area (Å²) in [6.45, 7) is 7.40. The number of rotatable bonds is 5. The van der Waals surface area contributed by atoms with Crippen LogP contribution >= 0.6 is 0 Å². The van der Waals surface area contributed by atoms with E-state index in [1.54, 1.807) is 13.8 Å². The first kappa shape index (κ1) is 28.3. The molecule has 3 nitrogen and oxygen atoms in total. The van der Waals surface area contributed by atoms with E-state index in [4.69, 9.17) is 0 Å². The van der Waals surface area contributed by atoms with Crippen molar-refractivity contribution in [2.75, 3.05) is 6.54 Å². The zero-order valence-electron chi connectivity index (χ0n) is 20.3. The third-order valence-electron chi connectivity index (χ3n) is 6.71. The summed E-state index contributed by atoms with van der Waals surface area (Å²) in [4.78, 5) is 13.6. The maximum atomic E-state index is 13.2. The van der Waals surface area contributed by atoms with Crippen LogP contribution in [-0.4, -0.2) is 22.5 Å². The van der Waals surface area contributed by atoms with E-state index in [0.717, 1.165) is 24.3 Å². The Kier molecular flexibility index (Phi) is 8.43. The van der Waals surface area contributed by atoms with E-state index in [-0.39, 0.29) is 5.92 Å². The maximum absolute atomic E-state index is 13.2. The van der Waals surface area contributed by atoms with Gasteiger partial charge in [0.15, 0.2) is 0 Å². The molecule has 2 aromatic carbocycles. The van der Waals surface area contributed by atoms with Crippen molar-refractivity contribution in [2.45, 2.75) is 51.1 Å². The number of carboxylic acids is 1. The average molecular weight is 524 g/mol. The first-order chi connectivity index (χ1) is 17.2. The van der Waals surface area contributed by atoms with Crippen LogP contribution < -0.4 is 0 Å². The zero-order chi connectivity index (χ0) is 27.5. The fourth-order valence-corrected chi connectivity index (χ4v) is 4.60. The SMILES string of the molecule is C=C(C)C#C[C@@H](c1ccc(C(F)(F)F)cc1)N1CC[C@@H]([C@H](C)C(=O)O)CC1c1ccc(C(F)(F)F)cc1. The zero-order valence-corrected chi connectivity index (χ0v) is 20.3. The molecular weight excluding hydrogens is 496 g/mol. The molecule has 2 aromatic rings. The van der Waals surface area contributed by atoms with Crippen LogP contribution in [0.5, 0.6) is 0 Å². The van der Waals surface area contributed by atoms with Gasteiger partial charge in [-0.2, -0.15) is 26.3 Å². The lowest BCUT2D eigenvalue weighted by Crippen LogP contribution is -2.41. The Labute approximate surface area is 211 Å². The van der Waals surface area contributed by atoms with Gasteiger partial charge in [0.1, 0.15) is 0 Å². The third-order valence-corrected chi connectivity index (χ3v) is 6.71. The molecule has 1 saturated heterocycles. The monoisotopic (exact) mass is 523 g/mol. The molecule has 0 spiro atoms. The van der Waals surface area contributed by atoms with Gasteiger partial charge >= 0.3 is 18.3 Å². The number of carboxylic acid groups (broad SMARTS) is 1. The second kappa shape index (κ2) is 11.0. The Bertz CT molecular complexity index is 1170. The highest BCUT2D eigenvalue weighted by molar-refractivity contribution is 5.69. The van der Waals surface area contributed by atoms with Crippen LogP contribution in [0, 0.1) is 23.7 Å². The number of likely N-dealkylation sites (tertiary alicyclic amines) is 1. The number of aliphatic carboxylic acids is 1. The molecule has 0 saturated carbocycles. The summed E-state index contributed by atoms with van der Waals surface area (Å²) in [5.41, 5.74) is -0.0448. The Morgan fingerprint density at radius 3 is 1.97 bits per heavy atom. The molecule has 198 valence electrons. The van der Waals surface area contributed by atoms with Gasteiger partial charge in [-0.15, -0.1) is 0 Å². The number of carbonyl (C=O) groups is 1. The first-order valence-electron chi connectivity index (χ1n) is 11.7. The molecule has 0 bridgehead atoms. The molecule has 0 aromatic heterocycles. The second-order valence-electron chi connectivity index (χ2n) is 9.36. The van der Waals surface area contributed by atoms with Crippen LogP contribution in [-0.2, 0) is 17.1 Å². The van der Waals surface area contributed by atoms with E-state index in [1.807, 2.05) is 4.90 Å². The summed E-state index contributed by atoms with van der Waals surface area (Å²) in [6, 6.07) is 8.12. The molecule has 9 heteroatoms. The molecule has 1 unspecified atom stereocenters. The number of halogens is 6. The van der Waals surface area contributed by atoms with E-state index in [9.17, 15) is 36.2 Å². The second-order valence-corrected chi connectivity index (χ2v) is 9.36. The minimum absolute atomic E-state index is 0.247. The molecule has 4 atom stereocenters. The Hall–Kier alpha value is -3.25. The molecular formula is C28H27F6NO2. The molecule has 1 fully saturated rings. The summed E-state index contributed by atoms with van der Waals surface area (Å²) in [6.07, 6.45) is -8.20.